The van der Waals surface area contributed by atoms with Crippen molar-refractivity contribution < 1.29 is 8.42 Å². The minimum Gasteiger partial charge on any atom is -0.366 e. The van der Waals surface area contributed by atoms with Crippen LogP contribution < -0.4 is 10.2 Å². The molecular weight excluding hydrogens is 332 g/mol. The van der Waals surface area contributed by atoms with E-state index in [1.807, 2.05) is 13.0 Å². The van der Waals surface area contributed by atoms with Crippen molar-refractivity contribution in [2.24, 2.45) is 0 Å². The van der Waals surface area contributed by atoms with Gasteiger partial charge >= 0.3 is 0 Å². The second kappa shape index (κ2) is 5.18. The van der Waals surface area contributed by atoms with Crippen molar-refractivity contribution in [1.29, 1.82) is 0 Å². The van der Waals surface area contributed by atoms with Crippen molar-refractivity contribution in [2.45, 2.75) is 11.8 Å². The van der Waals surface area contributed by atoms with E-state index in [4.69, 9.17) is 0 Å². The number of aromatic amines is 1. The molecule has 0 unspecified atom stereocenters. The third-order valence-corrected chi connectivity index (χ3v) is 4.52. The average Bonchev–Trinajstić information content (AvgIpc) is 2.34. The summed E-state index contributed by atoms with van der Waals surface area (Å²) in [5.74, 6) is 0. The summed E-state index contributed by atoms with van der Waals surface area (Å²) >= 11 is 3.26. The summed E-state index contributed by atoms with van der Waals surface area (Å²) in [6.07, 6.45) is 2.54. The van der Waals surface area contributed by atoms with E-state index >= 15 is 0 Å². The monoisotopic (exact) mass is 342 g/mol. The van der Waals surface area contributed by atoms with Crippen LogP contribution in [0.2, 0.25) is 0 Å². The van der Waals surface area contributed by atoms with Gasteiger partial charge < -0.3 is 4.98 Å². The van der Waals surface area contributed by atoms with E-state index in [1.165, 1.54) is 12.3 Å². The maximum absolute atomic E-state index is 12.1. The second-order valence-electron chi connectivity index (χ2n) is 3.96. The predicted molar refractivity (Wildman–Crippen MR) is 76.8 cm³/mol. The molecule has 0 aliphatic heterocycles. The molecule has 1 aromatic carbocycles. The molecule has 0 fully saturated rings. The summed E-state index contributed by atoms with van der Waals surface area (Å²) in [4.78, 5) is 13.8. The molecule has 5 nitrogen and oxygen atoms in total. The van der Waals surface area contributed by atoms with E-state index in [0.29, 0.717) is 10.2 Å². The number of aromatic nitrogens is 1. The lowest BCUT2D eigenvalue weighted by atomic mass is 10.2. The number of H-pyrrole nitrogens is 1. The van der Waals surface area contributed by atoms with Crippen molar-refractivity contribution >= 4 is 31.6 Å². The van der Waals surface area contributed by atoms with Gasteiger partial charge in [0.1, 0.15) is 0 Å². The molecule has 1 heterocycles. The van der Waals surface area contributed by atoms with Crippen LogP contribution in [0.25, 0.3) is 0 Å². The van der Waals surface area contributed by atoms with Crippen LogP contribution >= 0.6 is 15.9 Å². The Morgan fingerprint density at radius 2 is 2.00 bits per heavy atom. The highest BCUT2D eigenvalue weighted by Gasteiger charge is 2.18. The number of hydrogen-bond donors (Lipinski definition) is 2. The summed E-state index contributed by atoms with van der Waals surface area (Å²) in [5, 5.41) is 0. The molecule has 2 N–H and O–H groups in total. The SMILES string of the molecule is Cc1ccc(Br)c(NS(=O)(=O)c2c[nH]ccc2=O)c1. The number of benzene rings is 1. The van der Waals surface area contributed by atoms with Crippen LogP contribution in [0.4, 0.5) is 5.69 Å². The van der Waals surface area contributed by atoms with Gasteiger partial charge in [-0.1, -0.05) is 6.07 Å². The highest BCUT2D eigenvalue weighted by atomic mass is 79.9. The maximum Gasteiger partial charge on any atom is 0.267 e. The lowest BCUT2D eigenvalue weighted by Crippen LogP contribution is -2.21. The number of pyridine rings is 1. The van der Waals surface area contributed by atoms with E-state index in [9.17, 15) is 13.2 Å². The second-order valence-corrected chi connectivity index (χ2v) is 6.47. The number of aryl methyl sites for hydroxylation is 1. The summed E-state index contributed by atoms with van der Waals surface area (Å²) < 4.78 is 27.3. The van der Waals surface area contributed by atoms with Crippen molar-refractivity contribution in [2.75, 3.05) is 4.72 Å². The van der Waals surface area contributed by atoms with E-state index in [1.54, 1.807) is 12.1 Å². The molecule has 2 aromatic rings. The fraction of sp³-hybridized carbons (Fsp3) is 0.0833. The summed E-state index contributed by atoms with van der Waals surface area (Å²) in [5.41, 5.74) is 0.737. The maximum atomic E-state index is 12.1. The van der Waals surface area contributed by atoms with Gasteiger partial charge in [-0.05, 0) is 40.5 Å². The van der Waals surface area contributed by atoms with Crippen LogP contribution in [0.15, 0.2) is 50.8 Å². The zero-order valence-corrected chi connectivity index (χ0v) is 12.4. The number of rotatable bonds is 3. The zero-order chi connectivity index (χ0) is 14.0. The Labute approximate surface area is 118 Å². The number of sulfonamides is 1. The lowest BCUT2D eigenvalue weighted by Gasteiger charge is -2.09. The number of nitrogens with one attached hydrogen (secondary N) is 2. The first kappa shape index (κ1) is 13.8. The van der Waals surface area contributed by atoms with E-state index in [0.717, 1.165) is 11.8 Å². The Balaban J connectivity index is 2.45. The largest absolute Gasteiger partial charge is 0.366 e. The Bertz CT molecular complexity index is 769. The Morgan fingerprint density at radius 1 is 1.26 bits per heavy atom. The molecular formula is C12H11BrN2O3S. The molecule has 7 heteroatoms. The molecule has 19 heavy (non-hydrogen) atoms. The summed E-state index contributed by atoms with van der Waals surface area (Å²) in [6.45, 7) is 1.85. The molecule has 2 rings (SSSR count). The van der Waals surface area contributed by atoms with Crippen LogP contribution in [0.5, 0.6) is 0 Å². The minimum absolute atomic E-state index is 0.316. The number of hydrogen-bond acceptors (Lipinski definition) is 3. The van der Waals surface area contributed by atoms with Gasteiger partial charge in [-0.2, -0.15) is 0 Å². The smallest absolute Gasteiger partial charge is 0.267 e. The van der Waals surface area contributed by atoms with Gasteiger partial charge in [0.2, 0.25) is 5.43 Å². The van der Waals surface area contributed by atoms with E-state index in [2.05, 4.69) is 25.6 Å². The van der Waals surface area contributed by atoms with Crippen molar-refractivity contribution in [3.05, 3.63) is 56.9 Å². The summed E-state index contributed by atoms with van der Waals surface area (Å²) in [6, 6.07) is 6.43. The summed E-state index contributed by atoms with van der Waals surface area (Å²) in [7, 11) is -3.91. The Hall–Kier alpha value is -1.60. The van der Waals surface area contributed by atoms with E-state index < -0.39 is 15.5 Å². The number of halogens is 1. The van der Waals surface area contributed by atoms with Crippen LogP contribution in [0.3, 0.4) is 0 Å². The first-order chi connectivity index (χ1) is 8.90. The molecule has 0 aliphatic carbocycles. The molecule has 1 aromatic heterocycles. The molecule has 0 saturated carbocycles. The first-order valence-electron chi connectivity index (χ1n) is 5.36. The van der Waals surface area contributed by atoms with Gasteiger partial charge in [0.25, 0.3) is 10.0 Å². The Kier molecular flexibility index (Phi) is 3.77. The van der Waals surface area contributed by atoms with E-state index in [-0.39, 0.29) is 4.90 Å². The average molecular weight is 343 g/mol. The number of anilines is 1. The van der Waals surface area contributed by atoms with Gasteiger partial charge in [0.05, 0.1) is 5.69 Å². The fourth-order valence-corrected chi connectivity index (χ4v) is 3.13. The quantitative estimate of drug-likeness (QED) is 0.897. The molecule has 0 atom stereocenters. The zero-order valence-electron chi connectivity index (χ0n) is 9.98. The van der Waals surface area contributed by atoms with Gasteiger partial charge in [-0.3, -0.25) is 9.52 Å². The minimum atomic E-state index is -3.91. The molecule has 0 radical (unpaired) electrons. The first-order valence-corrected chi connectivity index (χ1v) is 7.64. The molecule has 0 spiro atoms. The predicted octanol–water partition coefficient (Wildman–Crippen LogP) is 2.25. The highest BCUT2D eigenvalue weighted by Crippen LogP contribution is 2.25. The highest BCUT2D eigenvalue weighted by molar-refractivity contribution is 9.10. The molecule has 100 valence electrons. The van der Waals surface area contributed by atoms with Crippen molar-refractivity contribution in [3.63, 3.8) is 0 Å². The van der Waals surface area contributed by atoms with Gasteiger partial charge in [0.15, 0.2) is 4.90 Å². The normalized spacial score (nSPS) is 11.3. The van der Waals surface area contributed by atoms with Crippen LogP contribution in [0.1, 0.15) is 5.56 Å². The van der Waals surface area contributed by atoms with Crippen LogP contribution in [-0.2, 0) is 10.0 Å². The van der Waals surface area contributed by atoms with Crippen molar-refractivity contribution in [1.82, 2.24) is 4.98 Å². The standard InChI is InChI=1S/C12H11BrN2O3S/c1-8-2-3-9(13)10(6-8)15-19(17,18)12-7-14-5-4-11(12)16/h2-7,15H,1H3,(H,14,16). The lowest BCUT2D eigenvalue weighted by molar-refractivity contribution is 0.600. The molecule has 0 aliphatic rings. The van der Waals surface area contributed by atoms with Gasteiger partial charge in [-0.15, -0.1) is 0 Å². The topological polar surface area (TPSA) is 79.0 Å². The van der Waals surface area contributed by atoms with Crippen LogP contribution in [0, 0.1) is 6.92 Å². The molecule has 0 amide bonds. The van der Waals surface area contributed by atoms with Crippen molar-refractivity contribution in [3.8, 4) is 0 Å². The third-order valence-electron chi connectivity index (χ3n) is 2.44. The molecule has 0 saturated heterocycles. The van der Waals surface area contributed by atoms with Crippen LogP contribution in [-0.4, -0.2) is 13.4 Å². The Morgan fingerprint density at radius 3 is 2.68 bits per heavy atom. The third kappa shape index (κ3) is 3.05. The molecule has 0 bridgehead atoms. The van der Waals surface area contributed by atoms with Gasteiger partial charge in [-0.25, -0.2) is 8.42 Å². The fourth-order valence-electron chi connectivity index (χ4n) is 1.53. The van der Waals surface area contributed by atoms with Gasteiger partial charge in [0, 0.05) is 22.9 Å².